The van der Waals surface area contributed by atoms with E-state index in [9.17, 15) is 0 Å². The predicted molar refractivity (Wildman–Crippen MR) is 200 cm³/mol. The first-order chi connectivity index (χ1) is 20.9. The van der Waals surface area contributed by atoms with E-state index in [1.54, 1.807) is 0 Å². The van der Waals surface area contributed by atoms with Crippen molar-refractivity contribution in [2.24, 2.45) is 0 Å². The Balaban J connectivity index is 3.02. The molecule has 0 aliphatic carbocycles. The van der Waals surface area contributed by atoms with Crippen molar-refractivity contribution in [3.05, 3.63) is 0 Å². The summed E-state index contributed by atoms with van der Waals surface area (Å²) in [4.78, 5) is 0. The molecule has 0 radical (unpaired) electrons. The standard InChI is InChI=1S/C41H84S/c1-3-5-7-9-11-13-15-17-19-21-22-23-25-27-29-31-33-35-37-39-41-42-40-38-36-34-32-30-28-26-24-20-18-16-14-12-10-8-6-4-2/h3-41H2,1-2H3. The van der Waals surface area contributed by atoms with Gasteiger partial charge in [0.05, 0.1) is 0 Å². The SMILES string of the molecule is CCCCCCCCCCCCCCCCCCCCCCSCCCCCCCCCCCCCCCCCCC. The molecule has 0 fully saturated rings. The number of thioether (sulfide) groups is 1. The van der Waals surface area contributed by atoms with Crippen LogP contribution in [0.1, 0.15) is 251 Å². The molecule has 0 unspecified atom stereocenters. The Bertz CT molecular complexity index is 393. The van der Waals surface area contributed by atoms with Crippen molar-refractivity contribution in [2.45, 2.75) is 251 Å². The van der Waals surface area contributed by atoms with E-state index in [1.807, 2.05) is 0 Å². The summed E-state index contributed by atoms with van der Waals surface area (Å²) in [5.74, 6) is 2.83. The Labute approximate surface area is 273 Å². The molecule has 0 saturated carbocycles. The van der Waals surface area contributed by atoms with Crippen LogP contribution >= 0.6 is 11.8 Å². The van der Waals surface area contributed by atoms with Crippen LogP contribution in [0.4, 0.5) is 0 Å². The molecule has 0 aromatic rings. The number of rotatable bonds is 39. The number of unbranched alkanes of at least 4 members (excludes halogenated alkanes) is 35. The largest absolute Gasteiger partial charge is 0.162 e. The predicted octanol–water partition coefficient (Wildman–Crippen LogP) is 16.2. The van der Waals surface area contributed by atoms with E-state index < -0.39 is 0 Å². The van der Waals surface area contributed by atoms with Crippen LogP contribution in [-0.4, -0.2) is 11.5 Å². The van der Waals surface area contributed by atoms with E-state index in [2.05, 4.69) is 25.6 Å². The van der Waals surface area contributed by atoms with Crippen molar-refractivity contribution in [2.75, 3.05) is 11.5 Å². The van der Waals surface area contributed by atoms with Crippen molar-refractivity contribution in [1.29, 1.82) is 0 Å². The van der Waals surface area contributed by atoms with Crippen molar-refractivity contribution >= 4 is 11.8 Å². The topological polar surface area (TPSA) is 0 Å². The second kappa shape index (κ2) is 41.4. The lowest BCUT2D eigenvalue weighted by Gasteiger charge is -2.05. The Morgan fingerprint density at radius 3 is 0.500 bits per heavy atom. The fourth-order valence-electron chi connectivity index (χ4n) is 6.49. The van der Waals surface area contributed by atoms with Crippen LogP contribution in [-0.2, 0) is 0 Å². The quantitative estimate of drug-likeness (QED) is 0.0625. The molecule has 0 aliphatic rings. The minimum atomic E-state index is 1.37. The van der Waals surface area contributed by atoms with Gasteiger partial charge in [-0.25, -0.2) is 0 Å². The monoisotopic (exact) mass is 609 g/mol. The van der Waals surface area contributed by atoms with Gasteiger partial charge in [-0.15, -0.1) is 0 Å². The summed E-state index contributed by atoms with van der Waals surface area (Å²) in [7, 11) is 0. The average Bonchev–Trinajstić information content (AvgIpc) is 3.00. The summed E-state index contributed by atoms with van der Waals surface area (Å²) in [5, 5.41) is 0. The zero-order valence-corrected chi connectivity index (χ0v) is 30.8. The molecule has 0 N–H and O–H groups in total. The van der Waals surface area contributed by atoms with Crippen molar-refractivity contribution in [1.82, 2.24) is 0 Å². The third kappa shape index (κ3) is 40.4. The van der Waals surface area contributed by atoms with E-state index in [1.165, 1.54) is 249 Å². The van der Waals surface area contributed by atoms with Crippen molar-refractivity contribution in [3.8, 4) is 0 Å². The normalized spacial score (nSPS) is 11.6. The fourth-order valence-corrected chi connectivity index (χ4v) is 7.51. The highest BCUT2D eigenvalue weighted by Crippen LogP contribution is 2.17. The van der Waals surface area contributed by atoms with Gasteiger partial charge in [0.15, 0.2) is 0 Å². The maximum Gasteiger partial charge on any atom is -0.00675 e. The minimum Gasteiger partial charge on any atom is -0.162 e. The highest BCUT2D eigenvalue weighted by atomic mass is 32.2. The smallest absolute Gasteiger partial charge is 0.00675 e. The lowest BCUT2D eigenvalue weighted by Crippen LogP contribution is -1.87. The molecular weight excluding hydrogens is 525 g/mol. The van der Waals surface area contributed by atoms with Gasteiger partial charge in [-0.1, -0.05) is 239 Å². The molecule has 0 aromatic carbocycles. The lowest BCUT2D eigenvalue weighted by atomic mass is 10.0. The molecule has 0 spiro atoms. The summed E-state index contributed by atoms with van der Waals surface area (Å²) in [6, 6.07) is 0. The van der Waals surface area contributed by atoms with Crippen LogP contribution in [0.3, 0.4) is 0 Å². The lowest BCUT2D eigenvalue weighted by molar-refractivity contribution is 0.523. The Hall–Kier alpha value is 0.350. The molecule has 0 heterocycles. The zero-order chi connectivity index (χ0) is 30.3. The number of hydrogen-bond acceptors (Lipinski definition) is 1. The van der Waals surface area contributed by atoms with Crippen LogP contribution in [0.25, 0.3) is 0 Å². The van der Waals surface area contributed by atoms with Crippen molar-refractivity contribution < 1.29 is 0 Å². The van der Waals surface area contributed by atoms with Gasteiger partial charge in [0, 0.05) is 0 Å². The van der Waals surface area contributed by atoms with Crippen LogP contribution < -0.4 is 0 Å². The summed E-state index contributed by atoms with van der Waals surface area (Å²) >= 11 is 2.23. The Morgan fingerprint density at radius 1 is 0.190 bits per heavy atom. The molecule has 0 nitrogen and oxygen atoms in total. The maximum absolute atomic E-state index is 2.31. The van der Waals surface area contributed by atoms with Gasteiger partial charge < -0.3 is 0 Å². The van der Waals surface area contributed by atoms with E-state index in [0.717, 1.165) is 0 Å². The molecule has 0 aromatic heterocycles. The fraction of sp³-hybridized carbons (Fsp3) is 1.00. The maximum atomic E-state index is 2.31. The third-order valence-corrected chi connectivity index (χ3v) is 10.7. The Morgan fingerprint density at radius 2 is 0.333 bits per heavy atom. The second-order valence-electron chi connectivity index (χ2n) is 14.0. The third-order valence-electron chi connectivity index (χ3n) is 9.53. The van der Waals surface area contributed by atoms with Gasteiger partial charge in [-0.3, -0.25) is 0 Å². The molecule has 42 heavy (non-hydrogen) atoms. The zero-order valence-electron chi connectivity index (χ0n) is 30.0. The molecule has 0 bridgehead atoms. The molecule has 0 aliphatic heterocycles. The van der Waals surface area contributed by atoms with Gasteiger partial charge in [0.2, 0.25) is 0 Å². The van der Waals surface area contributed by atoms with Crippen LogP contribution in [0, 0.1) is 0 Å². The average molecular weight is 609 g/mol. The van der Waals surface area contributed by atoms with Gasteiger partial charge in [0.25, 0.3) is 0 Å². The summed E-state index contributed by atoms with van der Waals surface area (Å²) in [5.41, 5.74) is 0. The molecule has 0 amide bonds. The van der Waals surface area contributed by atoms with Gasteiger partial charge >= 0.3 is 0 Å². The molecule has 1 heteroatoms. The minimum absolute atomic E-state index is 1.37. The summed E-state index contributed by atoms with van der Waals surface area (Å²) < 4.78 is 0. The molecular formula is C41H84S. The first kappa shape index (κ1) is 42.3. The van der Waals surface area contributed by atoms with Crippen LogP contribution in [0.15, 0.2) is 0 Å². The summed E-state index contributed by atoms with van der Waals surface area (Å²) in [6.07, 6.45) is 54.7. The molecule has 0 rings (SSSR count). The van der Waals surface area contributed by atoms with Gasteiger partial charge in [-0.05, 0) is 24.3 Å². The first-order valence-electron chi connectivity index (χ1n) is 20.5. The molecule has 0 saturated heterocycles. The molecule has 254 valence electrons. The van der Waals surface area contributed by atoms with E-state index >= 15 is 0 Å². The van der Waals surface area contributed by atoms with Gasteiger partial charge in [-0.2, -0.15) is 11.8 Å². The van der Waals surface area contributed by atoms with E-state index in [0.29, 0.717) is 0 Å². The van der Waals surface area contributed by atoms with E-state index in [-0.39, 0.29) is 0 Å². The van der Waals surface area contributed by atoms with Crippen LogP contribution in [0.2, 0.25) is 0 Å². The first-order valence-corrected chi connectivity index (χ1v) is 21.6. The second-order valence-corrected chi connectivity index (χ2v) is 15.2. The Kier molecular flexibility index (Phi) is 41.7. The van der Waals surface area contributed by atoms with Crippen LogP contribution in [0.5, 0.6) is 0 Å². The highest BCUT2D eigenvalue weighted by Gasteiger charge is 1.98. The van der Waals surface area contributed by atoms with Gasteiger partial charge in [0.1, 0.15) is 0 Å². The van der Waals surface area contributed by atoms with Crippen molar-refractivity contribution in [3.63, 3.8) is 0 Å². The summed E-state index contributed by atoms with van der Waals surface area (Å²) in [6.45, 7) is 4.62. The molecule has 0 atom stereocenters. The highest BCUT2D eigenvalue weighted by molar-refractivity contribution is 7.99. The van der Waals surface area contributed by atoms with E-state index in [4.69, 9.17) is 0 Å². The number of hydrogen-bond donors (Lipinski definition) is 0.